The lowest BCUT2D eigenvalue weighted by Gasteiger charge is -2.32. The average molecular weight is 404 g/mol. The van der Waals surface area contributed by atoms with Crippen molar-refractivity contribution in [2.24, 2.45) is 0 Å². The molecule has 0 saturated carbocycles. The number of hydrogen-bond acceptors (Lipinski definition) is 6. The van der Waals surface area contributed by atoms with Gasteiger partial charge in [0.2, 0.25) is 5.91 Å². The zero-order valence-corrected chi connectivity index (χ0v) is 16.8. The molecule has 150 valence electrons. The third-order valence-corrected chi connectivity index (χ3v) is 6.15. The number of nitrogens with zero attached hydrogens (tertiary/aromatic N) is 4. The van der Waals surface area contributed by atoms with Crippen molar-refractivity contribution in [1.82, 2.24) is 25.0 Å². The summed E-state index contributed by atoms with van der Waals surface area (Å²) < 4.78 is 5.30. The Balaban J connectivity index is 1.38. The monoisotopic (exact) mass is 403 g/mol. The zero-order chi connectivity index (χ0) is 19.5. The topological polar surface area (TPSA) is 91.4 Å². The fourth-order valence-electron chi connectivity index (χ4n) is 3.80. The second kappa shape index (κ2) is 8.40. The summed E-state index contributed by atoms with van der Waals surface area (Å²) in [7, 11) is 0. The smallest absolute Gasteiger partial charge is 0.274 e. The Morgan fingerprint density at radius 2 is 2.11 bits per heavy atom. The molecule has 2 amide bonds. The molecular weight excluding hydrogens is 378 g/mol. The molecule has 4 rings (SSSR count). The molecule has 0 radical (unpaired) electrons. The quantitative estimate of drug-likeness (QED) is 0.837. The fourth-order valence-corrected chi connectivity index (χ4v) is 4.41. The molecule has 9 heteroatoms. The maximum Gasteiger partial charge on any atom is 0.274 e. The van der Waals surface area contributed by atoms with Gasteiger partial charge in [0, 0.05) is 43.2 Å². The Morgan fingerprint density at radius 1 is 1.29 bits per heavy atom. The van der Waals surface area contributed by atoms with E-state index in [1.807, 2.05) is 23.3 Å². The highest BCUT2D eigenvalue weighted by molar-refractivity contribution is 7.09. The largest absolute Gasteiger partial charge is 0.378 e. The second-order valence-electron chi connectivity index (χ2n) is 7.33. The summed E-state index contributed by atoms with van der Waals surface area (Å²) in [6.45, 7) is 5.71. The number of hydrogen-bond donors (Lipinski definition) is 1. The van der Waals surface area contributed by atoms with E-state index >= 15 is 0 Å². The molecule has 0 bridgehead atoms. The number of aromatic nitrogens is 3. The Labute approximate surface area is 167 Å². The number of carbonyl (C=O) groups is 2. The maximum absolute atomic E-state index is 12.7. The average Bonchev–Trinajstić information content (AvgIpc) is 3.37. The van der Waals surface area contributed by atoms with Crippen LogP contribution in [0.2, 0.25) is 0 Å². The molecule has 8 nitrogen and oxygen atoms in total. The highest BCUT2D eigenvalue weighted by Gasteiger charge is 2.28. The third-order valence-electron chi connectivity index (χ3n) is 5.33. The number of likely N-dealkylation sites (tertiary alicyclic amines) is 1. The van der Waals surface area contributed by atoms with Gasteiger partial charge >= 0.3 is 0 Å². The lowest BCUT2D eigenvalue weighted by atomic mass is 9.94. The lowest BCUT2D eigenvalue weighted by Crippen LogP contribution is -2.41. The predicted octanol–water partition coefficient (Wildman–Crippen LogP) is 1.60. The van der Waals surface area contributed by atoms with Gasteiger partial charge in [-0.25, -0.2) is 4.98 Å². The van der Waals surface area contributed by atoms with Crippen molar-refractivity contribution in [2.75, 3.05) is 39.4 Å². The SMILES string of the molecule is Cc1nc(CC(=O)N2CCC[C@@H](c3cc(C(=O)N4CCOCC4)n[nH]3)C2)cs1. The molecule has 1 N–H and O–H groups in total. The summed E-state index contributed by atoms with van der Waals surface area (Å²) in [6.07, 6.45) is 2.27. The van der Waals surface area contributed by atoms with Crippen molar-refractivity contribution in [3.05, 3.63) is 33.5 Å². The summed E-state index contributed by atoms with van der Waals surface area (Å²) >= 11 is 1.57. The summed E-state index contributed by atoms with van der Waals surface area (Å²) in [6, 6.07) is 1.85. The number of ether oxygens (including phenoxy) is 1. The second-order valence-corrected chi connectivity index (χ2v) is 8.39. The maximum atomic E-state index is 12.7. The standard InChI is InChI=1S/C19H25N5O3S/c1-13-20-15(12-28-13)9-18(25)24-4-2-3-14(11-24)16-10-17(22-21-16)19(26)23-5-7-27-8-6-23/h10,12,14H,2-9,11H2,1H3,(H,21,22)/t14-/m1/s1. The van der Waals surface area contributed by atoms with Gasteiger partial charge in [-0.1, -0.05) is 0 Å². The van der Waals surface area contributed by atoms with Gasteiger partial charge in [0.05, 0.1) is 30.3 Å². The molecule has 0 spiro atoms. The Hall–Kier alpha value is -2.26. The minimum Gasteiger partial charge on any atom is -0.378 e. The van der Waals surface area contributed by atoms with Crippen LogP contribution in [-0.2, 0) is 16.0 Å². The third kappa shape index (κ3) is 4.25. The van der Waals surface area contributed by atoms with Crippen LogP contribution in [0.15, 0.2) is 11.4 Å². The number of rotatable bonds is 4. The summed E-state index contributed by atoms with van der Waals surface area (Å²) in [5.41, 5.74) is 2.21. The van der Waals surface area contributed by atoms with Gasteiger partial charge in [-0.2, -0.15) is 5.10 Å². The molecule has 2 aliphatic heterocycles. The molecule has 2 saturated heterocycles. The Morgan fingerprint density at radius 3 is 2.86 bits per heavy atom. The number of aryl methyl sites for hydroxylation is 1. The first-order valence-corrected chi connectivity index (χ1v) is 10.6. The predicted molar refractivity (Wildman–Crippen MR) is 104 cm³/mol. The van der Waals surface area contributed by atoms with Crippen LogP contribution in [0.4, 0.5) is 0 Å². The van der Waals surface area contributed by atoms with Crippen LogP contribution in [-0.4, -0.2) is 76.2 Å². The molecule has 2 aliphatic rings. The Kier molecular flexibility index (Phi) is 5.72. The van der Waals surface area contributed by atoms with Gasteiger partial charge < -0.3 is 14.5 Å². The van der Waals surface area contributed by atoms with E-state index < -0.39 is 0 Å². The fraction of sp³-hybridized carbons (Fsp3) is 0.579. The van der Waals surface area contributed by atoms with E-state index in [2.05, 4.69) is 15.2 Å². The Bertz CT molecular complexity index is 842. The highest BCUT2D eigenvalue weighted by Crippen LogP contribution is 2.27. The number of amides is 2. The van der Waals surface area contributed by atoms with E-state index in [1.165, 1.54) is 0 Å². The van der Waals surface area contributed by atoms with Crippen molar-refractivity contribution >= 4 is 23.2 Å². The summed E-state index contributed by atoms with van der Waals surface area (Å²) in [4.78, 5) is 33.3. The van der Waals surface area contributed by atoms with E-state index in [4.69, 9.17) is 4.74 Å². The van der Waals surface area contributed by atoms with Gasteiger partial charge in [-0.3, -0.25) is 14.7 Å². The minimum absolute atomic E-state index is 0.0616. The van der Waals surface area contributed by atoms with Gasteiger partial charge in [0.25, 0.3) is 5.91 Å². The normalized spacial score (nSPS) is 20.4. The lowest BCUT2D eigenvalue weighted by molar-refractivity contribution is -0.131. The number of carbonyl (C=O) groups excluding carboxylic acids is 2. The van der Waals surface area contributed by atoms with Crippen LogP contribution < -0.4 is 0 Å². The first kappa shape index (κ1) is 19.1. The number of morpholine rings is 1. The number of aromatic amines is 1. The molecule has 0 unspecified atom stereocenters. The van der Waals surface area contributed by atoms with Crippen LogP contribution in [0.25, 0.3) is 0 Å². The van der Waals surface area contributed by atoms with Crippen LogP contribution >= 0.6 is 11.3 Å². The minimum atomic E-state index is -0.0616. The number of nitrogens with one attached hydrogen (secondary N) is 1. The molecule has 0 aliphatic carbocycles. The summed E-state index contributed by atoms with van der Waals surface area (Å²) in [5, 5.41) is 10.2. The van der Waals surface area contributed by atoms with Gasteiger partial charge in [-0.15, -0.1) is 11.3 Å². The molecular formula is C19H25N5O3S. The van der Waals surface area contributed by atoms with Gasteiger partial charge in [-0.05, 0) is 25.8 Å². The first-order valence-electron chi connectivity index (χ1n) is 9.71. The van der Waals surface area contributed by atoms with Crippen LogP contribution in [0.1, 0.15) is 45.6 Å². The molecule has 2 aromatic rings. The van der Waals surface area contributed by atoms with E-state index in [-0.39, 0.29) is 17.7 Å². The van der Waals surface area contributed by atoms with Crippen molar-refractivity contribution in [3.63, 3.8) is 0 Å². The summed E-state index contributed by atoms with van der Waals surface area (Å²) in [5.74, 6) is 0.223. The van der Waals surface area contributed by atoms with Crippen LogP contribution in [0.3, 0.4) is 0 Å². The molecule has 28 heavy (non-hydrogen) atoms. The molecule has 0 aromatic carbocycles. The molecule has 2 aromatic heterocycles. The van der Waals surface area contributed by atoms with Crippen molar-refractivity contribution < 1.29 is 14.3 Å². The van der Waals surface area contributed by atoms with E-state index in [1.54, 1.807) is 16.2 Å². The van der Waals surface area contributed by atoms with Gasteiger partial charge in [0.1, 0.15) is 5.69 Å². The highest BCUT2D eigenvalue weighted by atomic mass is 32.1. The number of thiazole rings is 1. The zero-order valence-electron chi connectivity index (χ0n) is 16.0. The molecule has 4 heterocycles. The van der Waals surface area contributed by atoms with Crippen LogP contribution in [0, 0.1) is 6.92 Å². The number of piperidine rings is 1. The van der Waals surface area contributed by atoms with E-state index in [0.717, 1.165) is 35.8 Å². The van der Waals surface area contributed by atoms with Crippen molar-refractivity contribution in [3.8, 4) is 0 Å². The molecule has 1 atom stereocenters. The van der Waals surface area contributed by atoms with Crippen molar-refractivity contribution in [1.29, 1.82) is 0 Å². The van der Waals surface area contributed by atoms with E-state index in [9.17, 15) is 9.59 Å². The molecule has 2 fully saturated rings. The number of H-pyrrole nitrogens is 1. The van der Waals surface area contributed by atoms with Crippen molar-refractivity contribution in [2.45, 2.75) is 32.1 Å². The van der Waals surface area contributed by atoms with Crippen LogP contribution in [0.5, 0.6) is 0 Å². The van der Waals surface area contributed by atoms with Gasteiger partial charge in [0.15, 0.2) is 0 Å². The van der Waals surface area contributed by atoms with E-state index in [0.29, 0.717) is 45.0 Å². The first-order chi connectivity index (χ1) is 13.6.